The summed E-state index contributed by atoms with van der Waals surface area (Å²) in [5.74, 6) is -0.556. The Labute approximate surface area is 265 Å². The van der Waals surface area contributed by atoms with Gasteiger partial charge in [0, 0.05) is 67.8 Å². The van der Waals surface area contributed by atoms with E-state index in [0.29, 0.717) is 49.7 Å². The SMILES string of the molecule is CCCOC(=O)[C@H](SCCN)C(=O)N(CCOC(C)C)c1ccc(C(=O)N2CCN(CCc3ccc(Cl)cc3)CC2)cc1. The van der Waals surface area contributed by atoms with Gasteiger partial charge in [-0.15, -0.1) is 11.8 Å². The van der Waals surface area contributed by atoms with Crippen LogP contribution in [-0.2, 0) is 25.5 Å². The lowest BCUT2D eigenvalue weighted by Crippen LogP contribution is -2.49. The Morgan fingerprint density at radius 1 is 1.00 bits per heavy atom. The van der Waals surface area contributed by atoms with Crippen LogP contribution in [0.25, 0.3) is 0 Å². The van der Waals surface area contributed by atoms with Crippen LogP contribution in [0.5, 0.6) is 0 Å². The van der Waals surface area contributed by atoms with Crippen molar-refractivity contribution in [1.29, 1.82) is 0 Å². The van der Waals surface area contributed by atoms with Gasteiger partial charge in [0.1, 0.15) is 0 Å². The molecule has 2 aromatic rings. The minimum Gasteiger partial charge on any atom is -0.464 e. The number of hydrogen-bond donors (Lipinski definition) is 1. The molecule has 0 unspecified atom stereocenters. The van der Waals surface area contributed by atoms with Gasteiger partial charge in [-0.05, 0) is 68.7 Å². The number of carbonyl (C=O) groups is 3. The Kier molecular flexibility index (Phi) is 14.8. The van der Waals surface area contributed by atoms with Gasteiger partial charge in [-0.25, -0.2) is 0 Å². The largest absolute Gasteiger partial charge is 0.464 e. The first-order valence-corrected chi connectivity index (χ1v) is 16.4. The fourth-order valence-electron chi connectivity index (χ4n) is 4.67. The highest BCUT2D eigenvalue weighted by Crippen LogP contribution is 2.23. The van der Waals surface area contributed by atoms with Gasteiger partial charge in [0.25, 0.3) is 11.8 Å². The van der Waals surface area contributed by atoms with Gasteiger partial charge < -0.3 is 25.0 Å². The molecule has 2 amide bonds. The zero-order chi connectivity index (χ0) is 31.2. The first-order chi connectivity index (χ1) is 20.7. The Morgan fingerprint density at radius 2 is 1.67 bits per heavy atom. The zero-order valence-electron chi connectivity index (χ0n) is 25.5. The van der Waals surface area contributed by atoms with Crippen molar-refractivity contribution in [2.75, 3.05) is 69.7 Å². The van der Waals surface area contributed by atoms with Crippen LogP contribution in [0.4, 0.5) is 5.69 Å². The van der Waals surface area contributed by atoms with Crippen molar-refractivity contribution >= 4 is 46.8 Å². The Morgan fingerprint density at radius 3 is 2.28 bits per heavy atom. The molecule has 0 bridgehead atoms. The molecule has 1 aliphatic heterocycles. The van der Waals surface area contributed by atoms with Gasteiger partial charge in [0.2, 0.25) is 0 Å². The average molecular weight is 633 g/mol. The second-order valence-corrected chi connectivity index (χ2v) is 12.3. The number of ether oxygens (including phenoxy) is 2. The van der Waals surface area contributed by atoms with Crippen LogP contribution in [0.15, 0.2) is 48.5 Å². The summed E-state index contributed by atoms with van der Waals surface area (Å²) in [6, 6.07) is 14.9. The molecule has 1 aliphatic rings. The molecule has 9 nitrogen and oxygen atoms in total. The normalized spacial score (nSPS) is 14.5. The monoisotopic (exact) mass is 632 g/mol. The van der Waals surface area contributed by atoms with E-state index in [9.17, 15) is 14.4 Å². The highest BCUT2D eigenvalue weighted by atomic mass is 35.5. The Bertz CT molecular complexity index is 1160. The molecule has 1 heterocycles. The van der Waals surface area contributed by atoms with Crippen molar-refractivity contribution < 1.29 is 23.9 Å². The summed E-state index contributed by atoms with van der Waals surface area (Å²) >= 11 is 7.17. The maximum absolute atomic E-state index is 13.7. The van der Waals surface area contributed by atoms with E-state index in [-0.39, 0.29) is 31.1 Å². The number of nitrogens with zero attached hydrogens (tertiary/aromatic N) is 3. The van der Waals surface area contributed by atoms with Gasteiger partial charge in [-0.3, -0.25) is 19.3 Å². The number of thioether (sulfide) groups is 1. The van der Waals surface area contributed by atoms with Crippen molar-refractivity contribution in [3.8, 4) is 0 Å². The standard InChI is InChI=1S/C32H45ClN4O5S/c1-4-21-42-32(40)29(43-23-14-34)31(39)37(20-22-41-24(2)3)28-11-7-26(8-12-28)30(38)36-18-16-35(17-19-36)15-13-25-5-9-27(33)10-6-25/h5-12,24,29H,4,13-23,34H2,1-3H3/t29-/m1/s1. The molecule has 11 heteroatoms. The van der Waals surface area contributed by atoms with Crippen LogP contribution in [0.1, 0.15) is 43.1 Å². The minimum atomic E-state index is -1.04. The van der Waals surface area contributed by atoms with Crippen LogP contribution in [-0.4, -0.2) is 104 Å². The number of piperazine rings is 1. The molecular weight excluding hydrogens is 588 g/mol. The van der Waals surface area contributed by atoms with Crippen molar-refractivity contribution in [3.63, 3.8) is 0 Å². The molecule has 2 N–H and O–H groups in total. The molecule has 0 aliphatic carbocycles. The summed E-state index contributed by atoms with van der Waals surface area (Å²) in [6.45, 7) is 10.7. The third-order valence-corrected chi connectivity index (χ3v) is 8.49. The van der Waals surface area contributed by atoms with Gasteiger partial charge in [-0.1, -0.05) is 30.7 Å². The van der Waals surface area contributed by atoms with E-state index in [1.54, 1.807) is 24.3 Å². The summed E-state index contributed by atoms with van der Waals surface area (Å²) < 4.78 is 11.1. The first kappa shape index (κ1) is 34.9. The summed E-state index contributed by atoms with van der Waals surface area (Å²) in [5.41, 5.74) is 8.06. The molecular formula is C32H45ClN4O5S. The van der Waals surface area contributed by atoms with Crippen LogP contribution in [0, 0.1) is 0 Å². The van der Waals surface area contributed by atoms with E-state index >= 15 is 0 Å². The lowest BCUT2D eigenvalue weighted by Gasteiger charge is -2.35. The first-order valence-electron chi connectivity index (χ1n) is 15.0. The number of benzene rings is 2. The van der Waals surface area contributed by atoms with E-state index in [1.165, 1.54) is 22.2 Å². The quantitative estimate of drug-likeness (QED) is 0.218. The molecule has 1 fully saturated rings. The molecule has 0 saturated carbocycles. The van der Waals surface area contributed by atoms with E-state index in [1.807, 2.05) is 37.8 Å². The maximum Gasteiger partial charge on any atom is 0.328 e. The molecule has 1 atom stereocenters. The van der Waals surface area contributed by atoms with Crippen molar-refractivity contribution in [1.82, 2.24) is 9.80 Å². The summed E-state index contributed by atoms with van der Waals surface area (Å²) in [6.07, 6.45) is 1.59. The number of carbonyl (C=O) groups excluding carboxylic acids is 3. The second-order valence-electron chi connectivity index (χ2n) is 10.7. The summed E-state index contributed by atoms with van der Waals surface area (Å²) in [7, 11) is 0. The van der Waals surface area contributed by atoms with Crippen molar-refractivity contribution in [2.24, 2.45) is 5.73 Å². The van der Waals surface area contributed by atoms with Crippen molar-refractivity contribution in [2.45, 2.75) is 45.0 Å². The highest BCUT2D eigenvalue weighted by Gasteiger charge is 2.33. The number of esters is 1. The minimum absolute atomic E-state index is 0.00761. The number of amides is 2. The van der Waals surface area contributed by atoms with Gasteiger partial charge in [0.05, 0.1) is 19.3 Å². The van der Waals surface area contributed by atoms with Gasteiger partial charge in [0.15, 0.2) is 5.25 Å². The number of halogens is 1. The molecule has 0 aromatic heterocycles. The Balaban J connectivity index is 1.65. The average Bonchev–Trinajstić information content (AvgIpc) is 3.02. The third kappa shape index (κ3) is 11.1. The molecule has 1 saturated heterocycles. The number of rotatable bonds is 16. The zero-order valence-corrected chi connectivity index (χ0v) is 27.1. The van der Waals surface area contributed by atoms with E-state index in [0.717, 1.165) is 31.1 Å². The van der Waals surface area contributed by atoms with E-state index in [4.69, 9.17) is 26.8 Å². The molecule has 2 aromatic carbocycles. The van der Waals surface area contributed by atoms with Crippen LogP contribution in [0.3, 0.4) is 0 Å². The lowest BCUT2D eigenvalue weighted by atomic mass is 10.1. The fraction of sp³-hybridized carbons (Fsp3) is 0.531. The lowest BCUT2D eigenvalue weighted by molar-refractivity contribution is -0.145. The van der Waals surface area contributed by atoms with Gasteiger partial charge >= 0.3 is 5.97 Å². The summed E-state index contributed by atoms with van der Waals surface area (Å²) in [4.78, 5) is 45.6. The van der Waals surface area contributed by atoms with Crippen LogP contribution < -0.4 is 10.6 Å². The van der Waals surface area contributed by atoms with Crippen molar-refractivity contribution in [3.05, 3.63) is 64.7 Å². The molecule has 0 spiro atoms. The number of hydrogen-bond acceptors (Lipinski definition) is 8. The van der Waals surface area contributed by atoms with Crippen LogP contribution >= 0.6 is 23.4 Å². The fourth-order valence-corrected chi connectivity index (χ4v) is 5.64. The second kappa shape index (κ2) is 18.2. The highest BCUT2D eigenvalue weighted by molar-refractivity contribution is 8.01. The predicted molar refractivity (Wildman–Crippen MR) is 174 cm³/mol. The number of nitrogens with two attached hydrogens (primary N) is 1. The topological polar surface area (TPSA) is 105 Å². The maximum atomic E-state index is 13.7. The van der Waals surface area contributed by atoms with Crippen LogP contribution in [0.2, 0.25) is 5.02 Å². The molecule has 236 valence electrons. The molecule has 3 rings (SSSR count). The predicted octanol–water partition coefficient (Wildman–Crippen LogP) is 4.11. The Hall–Kier alpha value is -2.63. The van der Waals surface area contributed by atoms with E-state index < -0.39 is 11.2 Å². The number of anilines is 1. The third-order valence-electron chi connectivity index (χ3n) is 7.04. The summed E-state index contributed by atoms with van der Waals surface area (Å²) in [5, 5.41) is -0.298. The smallest absolute Gasteiger partial charge is 0.328 e. The van der Waals surface area contributed by atoms with E-state index in [2.05, 4.69) is 17.0 Å². The molecule has 0 radical (unpaired) electrons. The van der Waals surface area contributed by atoms with Gasteiger partial charge in [-0.2, -0.15) is 0 Å². The molecule has 43 heavy (non-hydrogen) atoms.